The van der Waals surface area contributed by atoms with E-state index in [2.05, 4.69) is 11.9 Å². The lowest BCUT2D eigenvalue weighted by Crippen LogP contribution is -2.30. The van der Waals surface area contributed by atoms with Crippen LogP contribution in [0, 0.1) is 0 Å². The summed E-state index contributed by atoms with van der Waals surface area (Å²) in [6.45, 7) is 4.74. The molecular weight excluding hydrogens is 338 g/mol. The molecular formula is C19H19NO6. The molecule has 1 N–H and O–H groups in total. The van der Waals surface area contributed by atoms with E-state index in [1.165, 1.54) is 0 Å². The van der Waals surface area contributed by atoms with Crippen molar-refractivity contribution in [3.8, 4) is 11.5 Å². The molecule has 1 heterocycles. The predicted octanol–water partition coefficient (Wildman–Crippen LogP) is 2.44. The van der Waals surface area contributed by atoms with Gasteiger partial charge in [-0.3, -0.25) is 0 Å². The molecule has 1 aliphatic heterocycles. The van der Waals surface area contributed by atoms with Crippen LogP contribution in [0.1, 0.15) is 0 Å². The third kappa shape index (κ3) is 4.97. The van der Waals surface area contributed by atoms with E-state index in [4.69, 9.17) is 18.9 Å². The number of nitrogens with one attached hydrogen (secondary N) is 1. The number of epoxide rings is 1. The van der Waals surface area contributed by atoms with Crippen LogP contribution in [-0.2, 0) is 14.3 Å². The van der Waals surface area contributed by atoms with Crippen LogP contribution in [0.4, 0.5) is 4.79 Å². The lowest BCUT2D eigenvalue weighted by atomic mass is 10.1. The fraction of sp³-hybridized carbons (Fsp3) is 0.263. The standard InChI is InChI=1S/C19H19NO6/c1-2-18(21)23-9-8-20-19(22)26-17-5-3-4-13-10-14(6-7-16(13)17)24-11-15-12-25-15/h2-7,10,15H,1,8-9,11-12H2,(H,20,22). The molecule has 0 saturated carbocycles. The monoisotopic (exact) mass is 357 g/mol. The molecule has 7 heteroatoms. The summed E-state index contributed by atoms with van der Waals surface area (Å²) in [5, 5.41) is 4.20. The molecule has 2 aromatic carbocycles. The van der Waals surface area contributed by atoms with Crippen LogP contribution in [0.25, 0.3) is 10.8 Å². The average Bonchev–Trinajstić information content (AvgIpc) is 3.48. The molecule has 136 valence electrons. The highest BCUT2D eigenvalue weighted by Crippen LogP contribution is 2.29. The minimum atomic E-state index is -0.627. The highest BCUT2D eigenvalue weighted by molar-refractivity contribution is 5.91. The second-order valence-corrected chi connectivity index (χ2v) is 5.59. The van der Waals surface area contributed by atoms with Gasteiger partial charge in [-0.2, -0.15) is 0 Å². The molecule has 1 aliphatic rings. The van der Waals surface area contributed by atoms with Crippen molar-refractivity contribution in [1.29, 1.82) is 0 Å². The SMILES string of the molecule is C=CC(=O)OCCNC(=O)Oc1cccc2cc(OCC3CO3)ccc12. The Kier molecular flexibility index (Phi) is 5.70. The van der Waals surface area contributed by atoms with Crippen molar-refractivity contribution in [3.63, 3.8) is 0 Å². The van der Waals surface area contributed by atoms with E-state index in [1.54, 1.807) is 12.1 Å². The van der Waals surface area contributed by atoms with E-state index in [9.17, 15) is 9.59 Å². The zero-order valence-corrected chi connectivity index (χ0v) is 14.1. The van der Waals surface area contributed by atoms with Crippen LogP contribution in [0.15, 0.2) is 49.1 Å². The maximum atomic E-state index is 11.9. The predicted molar refractivity (Wildman–Crippen MR) is 94.4 cm³/mol. The smallest absolute Gasteiger partial charge is 0.412 e. The summed E-state index contributed by atoms with van der Waals surface area (Å²) in [6, 6.07) is 11.0. The third-order valence-electron chi connectivity index (χ3n) is 3.64. The maximum absolute atomic E-state index is 11.9. The number of rotatable bonds is 8. The van der Waals surface area contributed by atoms with Crippen molar-refractivity contribution < 1.29 is 28.5 Å². The normalized spacial score (nSPS) is 15.2. The van der Waals surface area contributed by atoms with Gasteiger partial charge in [-0.15, -0.1) is 0 Å². The first-order chi connectivity index (χ1) is 12.7. The van der Waals surface area contributed by atoms with Crippen molar-refractivity contribution >= 4 is 22.8 Å². The molecule has 0 aromatic heterocycles. The molecule has 1 saturated heterocycles. The Morgan fingerprint density at radius 1 is 1.31 bits per heavy atom. The van der Waals surface area contributed by atoms with Gasteiger partial charge < -0.3 is 24.3 Å². The van der Waals surface area contributed by atoms with E-state index in [1.807, 2.05) is 24.3 Å². The lowest BCUT2D eigenvalue weighted by molar-refractivity contribution is -0.137. The van der Waals surface area contributed by atoms with Gasteiger partial charge in [0.25, 0.3) is 0 Å². The Morgan fingerprint density at radius 3 is 2.92 bits per heavy atom. The van der Waals surface area contributed by atoms with Crippen LogP contribution in [0.5, 0.6) is 11.5 Å². The topological polar surface area (TPSA) is 86.4 Å². The first-order valence-electron chi connectivity index (χ1n) is 8.18. The number of carbonyl (C=O) groups excluding carboxylic acids is 2. The maximum Gasteiger partial charge on any atom is 0.412 e. The molecule has 0 spiro atoms. The lowest BCUT2D eigenvalue weighted by Gasteiger charge is -2.10. The second-order valence-electron chi connectivity index (χ2n) is 5.59. The Morgan fingerprint density at radius 2 is 2.15 bits per heavy atom. The number of benzene rings is 2. The summed E-state index contributed by atoms with van der Waals surface area (Å²) >= 11 is 0. The third-order valence-corrected chi connectivity index (χ3v) is 3.64. The summed E-state index contributed by atoms with van der Waals surface area (Å²) in [7, 11) is 0. The first-order valence-corrected chi connectivity index (χ1v) is 8.18. The Bertz CT molecular complexity index is 815. The Hall–Kier alpha value is -3.06. The highest BCUT2D eigenvalue weighted by Gasteiger charge is 2.23. The molecule has 0 bridgehead atoms. The molecule has 1 amide bonds. The van der Waals surface area contributed by atoms with Gasteiger partial charge in [0, 0.05) is 11.5 Å². The van der Waals surface area contributed by atoms with E-state index < -0.39 is 12.1 Å². The molecule has 2 aromatic rings. The molecule has 3 rings (SSSR count). The Labute approximate surface area is 150 Å². The van der Waals surface area contributed by atoms with Crippen LogP contribution in [0.3, 0.4) is 0 Å². The number of amides is 1. The van der Waals surface area contributed by atoms with Crippen molar-refractivity contribution in [3.05, 3.63) is 49.1 Å². The van der Waals surface area contributed by atoms with Gasteiger partial charge in [-0.25, -0.2) is 9.59 Å². The van der Waals surface area contributed by atoms with Crippen molar-refractivity contribution in [2.24, 2.45) is 0 Å². The fourth-order valence-corrected chi connectivity index (χ4v) is 2.26. The highest BCUT2D eigenvalue weighted by atomic mass is 16.6. The first kappa shape index (κ1) is 17.8. The average molecular weight is 357 g/mol. The molecule has 1 fully saturated rings. The molecule has 0 aliphatic carbocycles. The summed E-state index contributed by atoms with van der Waals surface area (Å²) in [6.07, 6.45) is 0.623. The van der Waals surface area contributed by atoms with Crippen molar-refractivity contribution in [2.45, 2.75) is 6.10 Å². The number of fused-ring (bicyclic) bond motifs is 1. The van der Waals surface area contributed by atoms with Crippen molar-refractivity contribution in [1.82, 2.24) is 5.32 Å². The molecule has 1 atom stereocenters. The summed E-state index contributed by atoms with van der Waals surface area (Å²) in [5.41, 5.74) is 0. The van der Waals surface area contributed by atoms with Crippen molar-refractivity contribution in [2.75, 3.05) is 26.4 Å². The fourth-order valence-electron chi connectivity index (χ4n) is 2.26. The number of esters is 1. The van der Waals surface area contributed by atoms with Gasteiger partial charge in [0.15, 0.2) is 0 Å². The van der Waals surface area contributed by atoms with Crippen LogP contribution in [-0.4, -0.2) is 44.5 Å². The number of carbonyl (C=O) groups is 2. The van der Waals surface area contributed by atoms with Gasteiger partial charge in [0.2, 0.25) is 0 Å². The van der Waals surface area contributed by atoms with Gasteiger partial charge in [-0.05, 0) is 29.7 Å². The number of hydrogen-bond acceptors (Lipinski definition) is 6. The van der Waals surface area contributed by atoms with Gasteiger partial charge in [0.1, 0.15) is 30.8 Å². The van der Waals surface area contributed by atoms with E-state index >= 15 is 0 Å². The van der Waals surface area contributed by atoms with Crippen LogP contribution in [0.2, 0.25) is 0 Å². The zero-order valence-electron chi connectivity index (χ0n) is 14.1. The van der Waals surface area contributed by atoms with Gasteiger partial charge >= 0.3 is 12.1 Å². The second kappa shape index (κ2) is 8.35. The molecule has 0 radical (unpaired) electrons. The van der Waals surface area contributed by atoms with E-state index in [0.29, 0.717) is 12.4 Å². The minimum absolute atomic E-state index is 0.0426. The molecule has 7 nitrogen and oxygen atoms in total. The summed E-state index contributed by atoms with van der Waals surface area (Å²) in [4.78, 5) is 22.8. The van der Waals surface area contributed by atoms with E-state index in [0.717, 1.165) is 29.2 Å². The van der Waals surface area contributed by atoms with Gasteiger partial charge in [0.05, 0.1) is 13.2 Å². The largest absolute Gasteiger partial charge is 0.491 e. The number of ether oxygens (including phenoxy) is 4. The Balaban J connectivity index is 1.57. The zero-order chi connectivity index (χ0) is 18.4. The summed E-state index contributed by atoms with van der Waals surface area (Å²) < 4.78 is 20.9. The quantitative estimate of drug-likeness (QED) is 0.338. The number of hydrogen-bond donors (Lipinski definition) is 1. The van der Waals surface area contributed by atoms with E-state index in [-0.39, 0.29) is 19.3 Å². The van der Waals surface area contributed by atoms with Crippen LogP contribution >= 0.6 is 0 Å². The molecule has 26 heavy (non-hydrogen) atoms. The van der Waals surface area contributed by atoms with Crippen LogP contribution < -0.4 is 14.8 Å². The molecule has 1 unspecified atom stereocenters. The van der Waals surface area contributed by atoms with Gasteiger partial charge in [-0.1, -0.05) is 18.7 Å². The summed E-state index contributed by atoms with van der Waals surface area (Å²) in [5.74, 6) is 0.624. The minimum Gasteiger partial charge on any atom is -0.491 e.